The molecule has 0 rings (SSSR count). The van der Waals surface area contributed by atoms with E-state index in [-0.39, 0.29) is 6.61 Å². The molecule has 0 amide bonds. The Bertz CT molecular complexity index is 217. The number of aliphatic hydroxyl groups excluding tert-OH is 2. The Kier molecular flexibility index (Phi) is 7.74. The predicted molar refractivity (Wildman–Crippen MR) is 55.8 cm³/mol. The summed E-state index contributed by atoms with van der Waals surface area (Å²) in [5, 5.41) is 18.2. The van der Waals surface area contributed by atoms with E-state index in [1.54, 1.807) is 0 Å². The minimum Gasteiger partial charge on any atom is -0.460 e. The van der Waals surface area contributed by atoms with Crippen LogP contribution in [0.3, 0.4) is 0 Å². The number of hydrogen-bond donors (Lipinski definition) is 2. The van der Waals surface area contributed by atoms with Gasteiger partial charge in [-0.2, -0.15) is 0 Å². The van der Waals surface area contributed by atoms with Crippen LogP contribution in [0.1, 0.15) is 0 Å². The maximum atomic E-state index is 10.8. The lowest BCUT2D eigenvalue weighted by atomic mass is 10.1. The van der Waals surface area contributed by atoms with Crippen molar-refractivity contribution in [1.29, 1.82) is 0 Å². The van der Waals surface area contributed by atoms with Crippen molar-refractivity contribution in [2.24, 2.45) is 0 Å². The zero-order chi connectivity index (χ0) is 12.6. The molecule has 6 heteroatoms. The molecule has 3 atom stereocenters. The number of esters is 1. The molecule has 0 saturated carbocycles. The Labute approximate surface area is 94.4 Å². The molecule has 3 unspecified atom stereocenters. The number of ether oxygens (including phenoxy) is 3. The third-order valence-electron chi connectivity index (χ3n) is 2.06. The van der Waals surface area contributed by atoms with E-state index in [9.17, 15) is 9.90 Å². The fraction of sp³-hybridized carbons (Fsp3) is 0.700. The summed E-state index contributed by atoms with van der Waals surface area (Å²) in [7, 11) is 2.76. The van der Waals surface area contributed by atoms with Crippen LogP contribution in [0.25, 0.3) is 0 Å². The van der Waals surface area contributed by atoms with Gasteiger partial charge < -0.3 is 24.4 Å². The number of carbonyl (C=O) groups excluding carboxylic acids is 1. The van der Waals surface area contributed by atoms with Crippen LogP contribution in [0.5, 0.6) is 0 Å². The average molecular weight is 234 g/mol. The zero-order valence-electron chi connectivity index (χ0n) is 9.46. The second-order valence-corrected chi connectivity index (χ2v) is 3.06. The van der Waals surface area contributed by atoms with E-state index >= 15 is 0 Å². The highest BCUT2D eigenvalue weighted by Gasteiger charge is 2.29. The molecule has 0 aromatic carbocycles. The highest BCUT2D eigenvalue weighted by Crippen LogP contribution is 2.08. The van der Waals surface area contributed by atoms with Gasteiger partial charge in [0.1, 0.15) is 24.9 Å². The Morgan fingerprint density at radius 1 is 1.44 bits per heavy atom. The van der Waals surface area contributed by atoms with Gasteiger partial charge in [0, 0.05) is 20.3 Å². The predicted octanol–water partition coefficient (Wildman–Crippen LogP) is -0.901. The highest BCUT2D eigenvalue weighted by atomic mass is 16.6. The summed E-state index contributed by atoms with van der Waals surface area (Å²) in [6.45, 7) is 2.69. The molecule has 0 bridgehead atoms. The topological polar surface area (TPSA) is 85.2 Å². The van der Waals surface area contributed by atoms with Gasteiger partial charge in [0.25, 0.3) is 0 Å². The van der Waals surface area contributed by atoms with Gasteiger partial charge in [0.15, 0.2) is 0 Å². The maximum absolute atomic E-state index is 10.8. The van der Waals surface area contributed by atoms with Crippen molar-refractivity contribution in [3.05, 3.63) is 12.7 Å². The second-order valence-electron chi connectivity index (χ2n) is 3.06. The Morgan fingerprint density at radius 3 is 2.44 bits per heavy atom. The van der Waals surface area contributed by atoms with Crippen molar-refractivity contribution >= 4 is 5.97 Å². The molecule has 0 aromatic rings. The van der Waals surface area contributed by atoms with E-state index in [2.05, 4.69) is 6.58 Å². The number of aliphatic hydroxyl groups is 2. The first-order valence-electron chi connectivity index (χ1n) is 4.74. The summed E-state index contributed by atoms with van der Waals surface area (Å²) < 4.78 is 14.8. The van der Waals surface area contributed by atoms with E-state index in [1.165, 1.54) is 14.2 Å². The molecule has 0 aliphatic rings. The van der Waals surface area contributed by atoms with Gasteiger partial charge >= 0.3 is 5.97 Å². The summed E-state index contributed by atoms with van der Waals surface area (Å²) in [4.78, 5) is 10.8. The zero-order valence-corrected chi connectivity index (χ0v) is 9.46. The molecule has 16 heavy (non-hydrogen) atoms. The van der Waals surface area contributed by atoms with Gasteiger partial charge in [-0.3, -0.25) is 0 Å². The van der Waals surface area contributed by atoms with Crippen molar-refractivity contribution in [2.75, 3.05) is 27.4 Å². The van der Waals surface area contributed by atoms with Crippen LogP contribution < -0.4 is 0 Å². The van der Waals surface area contributed by atoms with E-state index in [1.807, 2.05) is 0 Å². The summed E-state index contributed by atoms with van der Waals surface area (Å²) in [6.07, 6.45) is -1.50. The molecule has 94 valence electrons. The summed E-state index contributed by atoms with van der Waals surface area (Å²) in [5.41, 5.74) is 0. The summed E-state index contributed by atoms with van der Waals surface area (Å²) in [6, 6.07) is 0. The fourth-order valence-electron chi connectivity index (χ4n) is 1.18. The Morgan fingerprint density at radius 2 is 2.06 bits per heavy atom. The van der Waals surface area contributed by atoms with Gasteiger partial charge in [-0.05, 0) is 0 Å². The second kappa shape index (κ2) is 8.23. The molecule has 0 saturated heterocycles. The van der Waals surface area contributed by atoms with Crippen molar-refractivity contribution in [3.8, 4) is 0 Å². The molecule has 0 heterocycles. The first-order valence-corrected chi connectivity index (χ1v) is 4.74. The SMILES string of the molecule is C=CC(=O)OCC(OC)C(OC)C(O)CO. The largest absolute Gasteiger partial charge is 0.460 e. The molecule has 0 aliphatic carbocycles. The van der Waals surface area contributed by atoms with E-state index < -0.39 is 30.9 Å². The lowest BCUT2D eigenvalue weighted by molar-refractivity contribution is -0.152. The molecular weight excluding hydrogens is 216 g/mol. The van der Waals surface area contributed by atoms with Crippen LogP contribution in [0.15, 0.2) is 12.7 Å². The first kappa shape index (κ1) is 15.0. The standard InChI is InChI=1S/C10H18O6/c1-4-9(13)16-6-8(14-2)10(15-3)7(12)5-11/h4,7-8,10-12H,1,5-6H2,2-3H3. The molecule has 0 spiro atoms. The molecular formula is C10H18O6. The van der Waals surface area contributed by atoms with Crippen LogP contribution >= 0.6 is 0 Å². The number of rotatable bonds is 8. The quantitative estimate of drug-likeness (QED) is 0.418. The fourth-order valence-corrected chi connectivity index (χ4v) is 1.18. The van der Waals surface area contributed by atoms with Gasteiger partial charge in [-0.1, -0.05) is 6.58 Å². The Hall–Kier alpha value is -0.950. The molecule has 6 nitrogen and oxygen atoms in total. The summed E-state index contributed by atoms with van der Waals surface area (Å²) >= 11 is 0. The normalized spacial score (nSPS) is 16.2. The number of hydrogen-bond acceptors (Lipinski definition) is 6. The third kappa shape index (κ3) is 4.71. The average Bonchev–Trinajstić information content (AvgIpc) is 2.32. The highest BCUT2D eigenvalue weighted by molar-refractivity contribution is 5.81. The van der Waals surface area contributed by atoms with Gasteiger partial charge in [0.2, 0.25) is 0 Å². The van der Waals surface area contributed by atoms with E-state index in [0.717, 1.165) is 6.08 Å². The van der Waals surface area contributed by atoms with E-state index in [4.69, 9.17) is 19.3 Å². The summed E-state index contributed by atoms with van der Waals surface area (Å²) in [5.74, 6) is -0.588. The first-order chi connectivity index (χ1) is 7.60. The maximum Gasteiger partial charge on any atom is 0.330 e. The third-order valence-corrected chi connectivity index (χ3v) is 2.06. The molecule has 2 N–H and O–H groups in total. The van der Waals surface area contributed by atoms with Crippen LogP contribution in [0.2, 0.25) is 0 Å². The van der Waals surface area contributed by atoms with Crippen LogP contribution in [-0.2, 0) is 19.0 Å². The minimum absolute atomic E-state index is 0.0864. The van der Waals surface area contributed by atoms with Crippen molar-refractivity contribution < 1.29 is 29.2 Å². The lowest BCUT2D eigenvalue weighted by Crippen LogP contribution is -2.44. The molecule has 0 radical (unpaired) electrons. The van der Waals surface area contributed by atoms with Crippen LogP contribution in [0, 0.1) is 0 Å². The monoisotopic (exact) mass is 234 g/mol. The van der Waals surface area contributed by atoms with Crippen LogP contribution in [-0.4, -0.2) is 61.9 Å². The Balaban J connectivity index is 4.32. The lowest BCUT2D eigenvalue weighted by Gasteiger charge is -2.27. The van der Waals surface area contributed by atoms with Crippen molar-refractivity contribution in [2.45, 2.75) is 18.3 Å². The molecule has 0 aliphatic heterocycles. The number of methoxy groups -OCH3 is 2. The molecule has 0 aromatic heterocycles. The molecule has 0 fully saturated rings. The smallest absolute Gasteiger partial charge is 0.330 e. The van der Waals surface area contributed by atoms with Gasteiger partial charge in [-0.15, -0.1) is 0 Å². The number of carbonyl (C=O) groups is 1. The van der Waals surface area contributed by atoms with Gasteiger partial charge in [0.05, 0.1) is 6.61 Å². The van der Waals surface area contributed by atoms with Crippen molar-refractivity contribution in [3.63, 3.8) is 0 Å². The van der Waals surface area contributed by atoms with E-state index in [0.29, 0.717) is 0 Å². The van der Waals surface area contributed by atoms with Crippen molar-refractivity contribution in [1.82, 2.24) is 0 Å². The minimum atomic E-state index is -1.10. The van der Waals surface area contributed by atoms with Crippen LogP contribution in [0.4, 0.5) is 0 Å². The van der Waals surface area contributed by atoms with Gasteiger partial charge in [-0.25, -0.2) is 4.79 Å².